The van der Waals surface area contributed by atoms with E-state index in [-0.39, 0.29) is 5.91 Å². The molecule has 32 heavy (non-hydrogen) atoms. The minimum absolute atomic E-state index is 0.112. The Kier molecular flexibility index (Phi) is 4.93. The molecule has 7 nitrogen and oxygen atoms in total. The number of hydrogen-bond donors (Lipinski definition) is 0. The zero-order chi connectivity index (χ0) is 22.2. The van der Waals surface area contributed by atoms with Gasteiger partial charge in [0.1, 0.15) is 5.82 Å². The van der Waals surface area contributed by atoms with Crippen molar-refractivity contribution in [2.75, 3.05) is 14.2 Å². The van der Waals surface area contributed by atoms with E-state index in [9.17, 15) is 4.79 Å². The number of carbonyl (C=O) groups excluding carboxylic acids is 1. The molecule has 0 saturated heterocycles. The third-order valence-electron chi connectivity index (χ3n) is 5.78. The van der Waals surface area contributed by atoms with Gasteiger partial charge in [0.2, 0.25) is 0 Å². The molecule has 0 atom stereocenters. The van der Waals surface area contributed by atoms with Crippen molar-refractivity contribution in [3.8, 4) is 23.0 Å². The standard InChI is InChI=1S/C25H24N4O3/c1-17-9-11-18(12-10-17)29-24(27-13-4-5-14-27)20-15-28(16-21(20)26-29)25(30)19-7-6-8-22(31-2)23(19)32-3/h4-14H,15-16H2,1-3H3. The number of aromatic nitrogens is 3. The maximum Gasteiger partial charge on any atom is 0.258 e. The van der Waals surface area contributed by atoms with Gasteiger partial charge in [-0.25, -0.2) is 4.68 Å². The van der Waals surface area contributed by atoms with E-state index in [1.165, 1.54) is 5.56 Å². The number of nitrogens with zero attached hydrogens (tertiary/aromatic N) is 4. The lowest BCUT2D eigenvalue weighted by Crippen LogP contribution is -2.27. The van der Waals surface area contributed by atoms with E-state index < -0.39 is 0 Å². The summed E-state index contributed by atoms with van der Waals surface area (Å²) in [6.07, 6.45) is 4.00. The minimum Gasteiger partial charge on any atom is -0.493 e. The summed E-state index contributed by atoms with van der Waals surface area (Å²) in [4.78, 5) is 15.2. The SMILES string of the molecule is COc1cccc(C(=O)N2Cc3nn(-c4ccc(C)cc4)c(-n4cccc4)c3C2)c1OC. The normalized spacial score (nSPS) is 12.7. The van der Waals surface area contributed by atoms with Gasteiger partial charge in [-0.1, -0.05) is 23.8 Å². The summed E-state index contributed by atoms with van der Waals surface area (Å²) in [6.45, 7) is 2.96. The van der Waals surface area contributed by atoms with E-state index in [0.717, 1.165) is 22.8 Å². The number of methoxy groups -OCH3 is 2. The summed E-state index contributed by atoms with van der Waals surface area (Å²) < 4.78 is 14.8. The van der Waals surface area contributed by atoms with Crippen molar-refractivity contribution in [3.05, 3.63) is 89.4 Å². The fourth-order valence-corrected chi connectivity index (χ4v) is 4.18. The second-order valence-corrected chi connectivity index (χ2v) is 7.79. The van der Waals surface area contributed by atoms with E-state index in [2.05, 4.69) is 31.2 Å². The van der Waals surface area contributed by atoms with Crippen molar-refractivity contribution in [1.82, 2.24) is 19.2 Å². The molecule has 0 unspecified atom stereocenters. The number of hydrogen-bond acceptors (Lipinski definition) is 4. The van der Waals surface area contributed by atoms with Crippen molar-refractivity contribution in [2.24, 2.45) is 0 Å². The molecule has 0 bridgehead atoms. The van der Waals surface area contributed by atoms with Gasteiger partial charge in [0.25, 0.3) is 5.91 Å². The molecular weight excluding hydrogens is 404 g/mol. The molecule has 1 aliphatic rings. The predicted octanol–water partition coefficient (Wildman–Crippen LogP) is 4.14. The number of ether oxygens (including phenoxy) is 2. The van der Waals surface area contributed by atoms with Gasteiger partial charge < -0.3 is 18.9 Å². The van der Waals surface area contributed by atoms with Gasteiger partial charge in [0, 0.05) is 18.0 Å². The summed E-state index contributed by atoms with van der Waals surface area (Å²) >= 11 is 0. The average Bonchev–Trinajstić information content (AvgIpc) is 3.54. The number of fused-ring (bicyclic) bond motifs is 1. The molecule has 0 fully saturated rings. The Morgan fingerprint density at radius 1 is 0.938 bits per heavy atom. The quantitative estimate of drug-likeness (QED) is 0.479. The lowest BCUT2D eigenvalue weighted by molar-refractivity contribution is 0.0745. The number of benzene rings is 2. The molecule has 2 aromatic heterocycles. The van der Waals surface area contributed by atoms with Gasteiger partial charge in [-0.05, 0) is 43.3 Å². The molecule has 5 rings (SSSR count). The number of aryl methyl sites for hydroxylation is 1. The van der Waals surface area contributed by atoms with E-state index in [1.807, 2.05) is 33.8 Å². The van der Waals surface area contributed by atoms with Gasteiger partial charge in [-0.15, -0.1) is 0 Å². The summed E-state index contributed by atoms with van der Waals surface area (Å²) in [5.74, 6) is 1.81. The van der Waals surface area contributed by atoms with Crippen molar-refractivity contribution in [1.29, 1.82) is 0 Å². The molecule has 0 N–H and O–H groups in total. The molecule has 0 saturated carbocycles. The molecule has 7 heteroatoms. The summed E-state index contributed by atoms with van der Waals surface area (Å²) in [7, 11) is 3.11. The minimum atomic E-state index is -0.112. The van der Waals surface area contributed by atoms with Crippen LogP contribution in [0.4, 0.5) is 0 Å². The van der Waals surface area contributed by atoms with E-state index in [0.29, 0.717) is 30.2 Å². The van der Waals surface area contributed by atoms with Crippen molar-refractivity contribution in [3.63, 3.8) is 0 Å². The van der Waals surface area contributed by atoms with Gasteiger partial charge in [-0.2, -0.15) is 5.10 Å². The molecular formula is C25H24N4O3. The van der Waals surface area contributed by atoms with Crippen molar-refractivity contribution < 1.29 is 14.3 Å². The zero-order valence-corrected chi connectivity index (χ0v) is 18.3. The van der Waals surface area contributed by atoms with E-state index in [4.69, 9.17) is 14.6 Å². The molecule has 4 aromatic rings. The predicted molar refractivity (Wildman–Crippen MR) is 121 cm³/mol. The largest absolute Gasteiger partial charge is 0.493 e. The van der Waals surface area contributed by atoms with Crippen LogP contribution >= 0.6 is 0 Å². The number of amides is 1. The Balaban J connectivity index is 1.53. The van der Waals surface area contributed by atoms with Crippen LogP contribution in [0.1, 0.15) is 27.2 Å². The highest BCUT2D eigenvalue weighted by atomic mass is 16.5. The third-order valence-corrected chi connectivity index (χ3v) is 5.78. The molecule has 1 amide bonds. The Hall–Kier alpha value is -4.00. The third kappa shape index (κ3) is 3.22. The van der Waals surface area contributed by atoms with Crippen LogP contribution in [0.3, 0.4) is 0 Å². The van der Waals surface area contributed by atoms with Crippen LogP contribution in [-0.4, -0.2) is 39.4 Å². The summed E-state index contributed by atoms with van der Waals surface area (Å²) in [5.41, 5.74) is 4.59. The van der Waals surface area contributed by atoms with Crippen LogP contribution in [0.5, 0.6) is 11.5 Å². The molecule has 162 valence electrons. The van der Waals surface area contributed by atoms with Gasteiger partial charge in [0.15, 0.2) is 11.5 Å². The van der Waals surface area contributed by atoms with Crippen molar-refractivity contribution in [2.45, 2.75) is 20.0 Å². The van der Waals surface area contributed by atoms with E-state index in [1.54, 1.807) is 37.3 Å². The first-order valence-electron chi connectivity index (χ1n) is 10.4. The Morgan fingerprint density at radius 3 is 2.38 bits per heavy atom. The first-order valence-corrected chi connectivity index (χ1v) is 10.4. The highest BCUT2D eigenvalue weighted by Crippen LogP contribution is 2.35. The number of rotatable bonds is 5. The van der Waals surface area contributed by atoms with Crippen LogP contribution in [-0.2, 0) is 13.1 Å². The first kappa shape index (κ1) is 19.9. The zero-order valence-electron chi connectivity index (χ0n) is 18.3. The lowest BCUT2D eigenvalue weighted by Gasteiger charge is -2.19. The molecule has 0 aliphatic carbocycles. The fraction of sp³-hybridized carbons (Fsp3) is 0.200. The van der Waals surface area contributed by atoms with Crippen LogP contribution in [0.15, 0.2) is 67.0 Å². The molecule has 0 radical (unpaired) electrons. The maximum absolute atomic E-state index is 13.4. The first-order chi connectivity index (χ1) is 15.6. The molecule has 0 spiro atoms. The monoisotopic (exact) mass is 428 g/mol. The fourth-order valence-electron chi connectivity index (χ4n) is 4.18. The Bertz CT molecular complexity index is 1270. The molecule has 3 heterocycles. The van der Waals surface area contributed by atoms with Crippen molar-refractivity contribution >= 4 is 5.91 Å². The molecule has 1 aliphatic heterocycles. The van der Waals surface area contributed by atoms with Crippen LogP contribution < -0.4 is 9.47 Å². The Morgan fingerprint density at radius 2 is 1.69 bits per heavy atom. The van der Waals surface area contributed by atoms with Gasteiger partial charge in [0.05, 0.1) is 44.3 Å². The smallest absolute Gasteiger partial charge is 0.258 e. The second kappa shape index (κ2) is 7.92. The van der Waals surface area contributed by atoms with Crippen LogP contribution in [0.25, 0.3) is 11.5 Å². The second-order valence-electron chi connectivity index (χ2n) is 7.79. The summed E-state index contributed by atoms with van der Waals surface area (Å²) in [5, 5.41) is 4.90. The van der Waals surface area contributed by atoms with Gasteiger partial charge >= 0.3 is 0 Å². The van der Waals surface area contributed by atoms with E-state index >= 15 is 0 Å². The van der Waals surface area contributed by atoms with Crippen LogP contribution in [0.2, 0.25) is 0 Å². The molecule has 2 aromatic carbocycles. The lowest BCUT2D eigenvalue weighted by atomic mass is 10.1. The Labute approximate surface area is 186 Å². The maximum atomic E-state index is 13.4. The topological polar surface area (TPSA) is 61.5 Å². The number of carbonyl (C=O) groups is 1. The highest BCUT2D eigenvalue weighted by molar-refractivity contribution is 5.98. The summed E-state index contributed by atoms with van der Waals surface area (Å²) in [6, 6.07) is 17.6. The van der Waals surface area contributed by atoms with Gasteiger partial charge in [-0.3, -0.25) is 4.79 Å². The average molecular weight is 428 g/mol. The number of para-hydroxylation sites is 1. The highest BCUT2D eigenvalue weighted by Gasteiger charge is 2.33. The van der Waals surface area contributed by atoms with Crippen LogP contribution in [0, 0.1) is 6.92 Å².